The van der Waals surface area contributed by atoms with Crippen molar-refractivity contribution in [3.05, 3.63) is 83.9 Å². The van der Waals surface area contributed by atoms with Gasteiger partial charge in [0.1, 0.15) is 0 Å². The van der Waals surface area contributed by atoms with E-state index in [0.717, 1.165) is 54.3 Å². The number of rotatable bonds is 8. The smallest absolute Gasteiger partial charge is 0.181 e. The second kappa shape index (κ2) is 10.5. The van der Waals surface area contributed by atoms with E-state index in [2.05, 4.69) is 32.4 Å². The van der Waals surface area contributed by atoms with Crippen LogP contribution in [0.1, 0.15) is 46.9 Å². The number of nitrogens with zero attached hydrogens (tertiary/aromatic N) is 4. The fourth-order valence-electron chi connectivity index (χ4n) is 5.53. The van der Waals surface area contributed by atoms with Crippen LogP contribution in [0.5, 0.6) is 11.5 Å². The topological polar surface area (TPSA) is 105 Å². The molecule has 1 fully saturated rings. The summed E-state index contributed by atoms with van der Waals surface area (Å²) in [5.74, 6) is 2.98. The molecule has 0 saturated carbocycles. The van der Waals surface area contributed by atoms with Crippen molar-refractivity contribution < 1.29 is 14.3 Å². The molecule has 0 aliphatic carbocycles. The first-order valence-electron chi connectivity index (χ1n) is 13.3. The van der Waals surface area contributed by atoms with Crippen LogP contribution in [0.15, 0.2) is 67.0 Å². The Kier molecular flexibility index (Phi) is 6.74. The Morgan fingerprint density at radius 1 is 1.15 bits per heavy atom. The van der Waals surface area contributed by atoms with E-state index in [4.69, 9.17) is 14.5 Å². The monoisotopic (exact) mass is 524 g/mol. The molecule has 2 aliphatic heterocycles. The van der Waals surface area contributed by atoms with Gasteiger partial charge in [0.05, 0.1) is 19.3 Å². The number of methoxy groups -OCH3 is 1. The molecule has 2 aliphatic rings. The number of Topliss-reactive ketones (excluding diaryl/α,β-unsaturated/α-hetero) is 1. The van der Waals surface area contributed by atoms with Crippen molar-refractivity contribution in [2.24, 2.45) is 0 Å². The molecule has 0 unspecified atom stereocenters. The van der Waals surface area contributed by atoms with Crippen LogP contribution in [0.25, 0.3) is 11.4 Å². The molecule has 0 spiro atoms. The summed E-state index contributed by atoms with van der Waals surface area (Å²) in [6.45, 7) is 2.31. The van der Waals surface area contributed by atoms with Crippen LogP contribution < -0.4 is 14.8 Å². The van der Waals surface area contributed by atoms with Crippen LogP contribution >= 0.6 is 0 Å². The molecular formula is C30H32N6O3. The third-order valence-corrected chi connectivity index (χ3v) is 7.82. The quantitative estimate of drug-likeness (QED) is 0.321. The van der Waals surface area contributed by atoms with E-state index in [9.17, 15) is 4.79 Å². The van der Waals surface area contributed by atoms with Crippen LogP contribution in [-0.2, 0) is 5.54 Å². The predicted molar refractivity (Wildman–Crippen MR) is 148 cm³/mol. The molecule has 9 nitrogen and oxygen atoms in total. The van der Waals surface area contributed by atoms with Crippen LogP contribution in [-0.4, -0.2) is 64.7 Å². The van der Waals surface area contributed by atoms with E-state index >= 15 is 0 Å². The molecule has 2 N–H and O–H groups in total. The van der Waals surface area contributed by atoms with Crippen molar-refractivity contribution in [2.75, 3.05) is 39.2 Å². The average Bonchev–Trinajstić information content (AvgIpc) is 3.64. The molecule has 9 heteroatoms. The van der Waals surface area contributed by atoms with Gasteiger partial charge in [-0.15, -0.1) is 0 Å². The maximum absolute atomic E-state index is 13.4. The standard InChI is InChI=1S/C30H32N6O3/c1-36-15-11-30(12-16-36,29-32-28(34-35-29)20-9-13-31-14-10-20)33-23-6-3-5-21(17-23)25(37)18-22-19-39-27-24(22)7-4-8-26(27)38-2/h3-10,13-14,17,22,33H,11-12,15-16,18-19H2,1-2H3,(H,32,34,35)/t22-/m0/s1. The Labute approximate surface area is 227 Å². The van der Waals surface area contributed by atoms with Gasteiger partial charge in [0.2, 0.25) is 0 Å². The normalized spacial score (nSPS) is 18.3. The fraction of sp³-hybridized carbons (Fsp3) is 0.333. The minimum Gasteiger partial charge on any atom is -0.493 e. The first-order chi connectivity index (χ1) is 19.0. The van der Waals surface area contributed by atoms with Gasteiger partial charge in [0, 0.05) is 60.2 Å². The number of H-pyrrole nitrogens is 1. The number of aromatic nitrogens is 4. The molecule has 1 atom stereocenters. The number of likely N-dealkylation sites (tertiary alicyclic amines) is 1. The second-order valence-electron chi connectivity index (χ2n) is 10.3. The highest BCUT2D eigenvalue weighted by atomic mass is 16.5. The van der Waals surface area contributed by atoms with E-state index in [1.165, 1.54) is 0 Å². The first kappa shape index (κ1) is 25.1. The van der Waals surface area contributed by atoms with Crippen molar-refractivity contribution in [2.45, 2.75) is 30.7 Å². The molecule has 4 aromatic rings. The molecule has 0 amide bonds. The molecule has 6 rings (SSSR count). The summed E-state index contributed by atoms with van der Waals surface area (Å²) in [5, 5.41) is 11.5. The number of aromatic amines is 1. The number of nitrogens with one attached hydrogen (secondary N) is 2. The number of carbonyl (C=O) groups excluding carboxylic acids is 1. The molecular weight excluding hydrogens is 492 g/mol. The Hall–Kier alpha value is -4.24. The van der Waals surface area contributed by atoms with E-state index < -0.39 is 5.54 Å². The molecule has 0 radical (unpaired) electrons. The summed E-state index contributed by atoms with van der Waals surface area (Å²) >= 11 is 0. The van der Waals surface area contributed by atoms with Crippen LogP contribution in [0.2, 0.25) is 0 Å². The molecule has 2 aromatic carbocycles. The zero-order valence-corrected chi connectivity index (χ0v) is 22.2. The van der Waals surface area contributed by atoms with Crippen molar-refractivity contribution in [3.63, 3.8) is 0 Å². The summed E-state index contributed by atoms with van der Waals surface area (Å²) in [4.78, 5) is 24.7. The molecule has 4 heterocycles. The van der Waals surface area contributed by atoms with Crippen molar-refractivity contribution in [3.8, 4) is 22.9 Å². The molecule has 2 aromatic heterocycles. The molecule has 39 heavy (non-hydrogen) atoms. The number of fused-ring (bicyclic) bond motifs is 1. The molecule has 1 saturated heterocycles. The van der Waals surface area contributed by atoms with Crippen LogP contribution in [0.4, 0.5) is 5.69 Å². The van der Waals surface area contributed by atoms with Gasteiger partial charge < -0.3 is 19.7 Å². The Bertz CT molecular complexity index is 1460. The van der Waals surface area contributed by atoms with Crippen molar-refractivity contribution in [1.29, 1.82) is 0 Å². The third kappa shape index (κ3) is 4.97. The van der Waals surface area contributed by atoms with Gasteiger partial charge in [-0.05, 0) is 50.2 Å². The van der Waals surface area contributed by atoms with Gasteiger partial charge in [-0.2, -0.15) is 5.10 Å². The number of carbonyl (C=O) groups is 1. The van der Waals surface area contributed by atoms with Gasteiger partial charge in [0.15, 0.2) is 28.9 Å². The number of anilines is 1. The highest BCUT2D eigenvalue weighted by Crippen LogP contribution is 2.43. The van der Waals surface area contributed by atoms with Gasteiger partial charge in [0.25, 0.3) is 0 Å². The summed E-state index contributed by atoms with van der Waals surface area (Å²) in [6.07, 6.45) is 5.56. The number of hydrogen-bond acceptors (Lipinski definition) is 8. The predicted octanol–water partition coefficient (Wildman–Crippen LogP) is 4.66. The van der Waals surface area contributed by atoms with E-state index in [1.54, 1.807) is 19.5 Å². The highest BCUT2D eigenvalue weighted by molar-refractivity contribution is 5.97. The molecule has 0 bridgehead atoms. The van der Waals surface area contributed by atoms with Gasteiger partial charge in [-0.3, -0.25) is 14.9 Å². The largest absolute Gasteiger partial charge is 0.493 e. The zero-order valence-electron chi connectivity index (χ0n) is 22.2. The van der Waals surface area contributed by atoms with Crippen molar-refractivity contribution >= 4 is 11.5 Å². The first-order valence-corrected chi connectivity index (χ1v) is 13.3. The minimum atomic E-state index is -0.429. The van der Waals surface area contributed by atoms with Crippen molar-refractivity contribution in [1.82, 2.24) is 25.1 Å². The number of pyridine rings is 1. The maximum atomic E-state index is 13.4. The number of benzene rings is 2. The van der Waals surface area contributed by atoms with E-state index in [-0.39, 0.29) is 11.7 Å². The number of ether oxygens (including phenoxy) is 2. The maximum Gasteiger partial charge on any atom is 0.181 e. The average molecular weight is 525 g/mol. The fourth-order valence-corrected chi connectivity index (χ4v) is 5.53. The summed E-state index contributed by atoms with van der Waals surface area (Å²) in [6, 6.07) is 17.4. The number of piperidine rings is 1. The minimum absolute atomic E-state index is 0.000222. The van der Waals surface area contributed by atoms with Crippen LogP contribution in [0.3, 0.4) is 0 Å². The van der Waals surface area contributed by atoms with E-state index in [0.29, 0.717) is 30.2 Å². The van der Waals surface area contributed by atoms with E-state index in [1.807, 2.05) is 54.6 Å². The lowest BCUT2D eigenvalue weighted by molar-refractivity contribution is 0.0969. The van der Waals surface area contributed by atoms with Gasteiger partial charge in [-0.25, -0.2) is 4.98 Å². The van der Waals surface area contributed by atoms with Gasteiger partial charge >= 0.3 is 0 Å². The number of hydrogen-bond donors (Lipinski definition) is 2. The summed E-state index contributed by atoms with van der Waals surface area (Å²) < 4.78 is 11.3. The lowest BCUT2D eigenvalue weighted by Gasteiger charge is -2.40. The SMILES string of the molecule is COc1cccc2c1OC[C@@H]2CC(=O)c1cccc(NC2(c3nc(-c4ccncc4)n[nH]3)CCN(C)CC2)c1. The second-order valence-corrected chi connectivity index (χ2v) is 10.3. The zero-order chi connectivity index (χ0) is 26.8. The molecule has 200 valence electrons. The summed E-state index contributed by atoms with van der Waals surface area (Å²) in [5.41, 5.74) is 3.07. The Morgan fingerprint density at radius 2 is 1.95 bits per heavy atom. The Balaban J connectivity index is 1.23. The van der Waals surface area contributed by atoms with Gasteiger partial charge in [-0.1, -0.05) is 24.3 Å². The lowest BCUT2D eigenvalue weighted by Crippen LogP contribution is -2.46. The summed E-state index contributed by atoms with van der Waals surface area (Å²) in [7, 11) is 3.76. The Morgan fingerprint density at radius 3 is 2.74 bits per heavy atom. The number of para-hydroxylation sites is 1. The third-order valence-electron chi connectivity index (χ3n) is 7.82. The number of ketones is 1. The lowest BCUT2D eigenvalue weighted by atomic mass is 9.86. The highest BCUT2D eigenvalue weighted by Gasteiger charge is 2.39. The van der Waals surface area contributed by atoms with Crippen LogP contribution in [0, 0.1) is 0 Å².